The Kier molecular flexibility index (Phi) is 4.95. The van der Waals surface area contributed by atoms with E-state index in [4.69, 9.17) is 11.6 Å². The number of benzene rings is 1. The highest BCUT2D eigenvalue weighted by atomic mass is 35.5. The molecule has 27 heavy (non-hydrogen) atoms. The highest BCUT2D eigenvalue weighted by molar-refractivity contribution is 7.19. The number of pyridine rings is 1. The Labute approximate surface area is 159 Å². The molecular formula is C17H9ClF3N3O2S. The van der Waals surface area contributed by atoms with E-state index in [1.165, 1.54) is 0 Å². The number of aromatic nitrogens is 2. The number of hydrogen-bond donors (Lipinski definition) is 1. The standard InChI is InChI=1S/C17H9ClF3N3O2S/c18-11-5-9(17(19,20)21)7-24(16(11)26)8-13(25)10(6-22)15-23-12-3-1-2-4-14(12)27-15/h1-5,7,25H,8H2/b13-10-. The van der Waals surface area contributed by atoms with Gasteiger partial charge in [0.2, 0.25) is 0 Å². The third kappa shape index (κ3) is 3.82. The van der Waals surface area contributed by atoms with Gasteiger partial charge < -0.3 is 9.67 Å². The monoisotopic (exact) mass is 411 g/mol. The van der Waals surface area contributed by atoms with Crippen molar-refractivity contribution in [3.63, 3.8) is 0 Å². The Morgan fingerprint density at radius 1 is 1.37 bits per heavy atom. The summed E-state index contributed by atoms with van der Waals surface area (Å²) in [5.41, 5.74) is -1.68. The van der Waals surface area contributed by atoms with Crippen molar-refractivity contribution in [1.82, 2.24) is 9.55 Å². The maximum atomic E-state index is 12.9. The van der Waals surface area contributed by atoms with Crippen molar-refractivity contribution in [3.8, 4) is 6.07 Å². The predicted octanol–water partition coefficient (Wildman–Crippen LogP) is 4.62. The molecule has 0 aliphatic carbocycles. The van der Waals surface area contributed by atoms with Gasteiger partial charge >= 0.3 is 6.18 Å². The minimum absolute atomic E-state index is 0.197. The second kappa shape index (κ2) is 7.06. The molecule has 3 aromatic rings. The molecule has 0 aliphatic heterocycles. The fourth-order valence-electron chi connectivity index (χ4n) is 2.33. The molecule has 0 radical (unpaired) electrons. The van der Waals surface area contributed by atoms with Crippen LogP contribution >= 0.6 is 22.9 Å². The van der Waals surface area contributed by atoms with Crippen molar-refractivity contribution in [2.45, 2.75) is 12.7 Å². The number of rotatable bonds is 3. The van der Waals surface area contributed by atoms with Gasteiger partial charge in [-0.1, -0.05) is 23.7 Å². The summed E-state index contributed by atoms with van der Waals surface area (Å²) in [4.78, 5) is 16.2. The van der Waals surface area contributed by atoms with E-state index in [1.807, 2.05) is 0 Å². The quantitative estimate of drug-likeness (QED) is 0.503. The molecule has 0 saturated carbocycles. The molecule has 1 aromatic carbocycles. The summed E-state index contributed by atoms with van der Waals surface area (Å²) in [6, 6.07) is 9.33. The lowest BCUT2D eigenvalue weighted by atomic mass is 10.2. The molecule has 0 saturated heterocycles. The maximum Gasteiger partial charge on any atom is 0.417 e. The van der Waals surface area contributed by atoms with E-state index in [1.54, 1.807) is 30.3 Å². The van der Waals surface area contributed by atoms with Crippen LogP contribution in [0, 0.1) is 11.3 Å². The lowest BCUT2D eigenvalue weighted by Gasteiger charge is -2.12. The third-order valence-corrected chi connectivity index (χ3v) is 4.92. The van der Waals surface area contributed by atoms with Crippen LogP contribution < -0.4 is 5.56 Å². The van der Waals surface area contributed by atoms with Crippen LogP contribution in [-0.2, 0) is 12.7 Å². The Bertz CT molecular complexity index is 1130. The smallest absolute Gasteiger partial charge is 0.417 e. The molecule has 5 nitrogen and oxygen atoms in total. The molecule has 0 amide bonds. The van der Waals surface area contributed by atoms with Gasteiger partial charge in [0.25, 0.3) is 5.56 Å². The van der Waals surface area contributed by atoms with Gasteiger partial charge in [0.15, 0.2) is 0 Å². The Hall–Kier alpha value is -2.83. The summed E-state index contributed by atoms with van der Waals surface area (Å²) in [5, 5.41) is 19.2. The first-order valence-electron chi connectivity index (χ1n) is 7.36. The van der Waals surface area contributed by atoms with Crippen molar-refractivity contribution in [2.24, 2.45) is 0 Å². The van der Waals surface area contributed by atoms with Gasteiger partial charge in [-0.3, -0.25) is 4.79 Å². The Morgan fingerprint density at radius 3 is 2.70 bits per heavy atom. The Balaban J connectivity index is 2.06. The first-order valence-corrected chi connectivity index (χ1v) is 8.55. The third-order valence-electron chi connectivity index (χ3n) is 3.60. The zero-order valence-electron chi connectivity index (χ0n) is 13.3. The normalized spacial score (nSPS) is 12.7. The summed E-state index contributed by atoms with van der Waals surface area (Å²) in [6.45, 7) is -0.651. The van der Waals surface area contributed by atoms with Crippen molar-refractivity contribution in [3.05, 3.63) is 68.2 Å². The van der Waals surface area contributed by atoms with E-state index in [9.17, 15) is 28.3 Å². The number of allylic oxidation sites excluding steroid dienone is 2. The van der Waals surface area contributed by atoms with Gasteiger partial charge in [0.1, 0.15) is 27.4 Å². The highest BCUT2D eigenvalue weighted by Gasteiger charge is 2.32. The predicted molar refractivity (Wildman–Crippen MR) is 95.5 cm³/mol. The second-order valence-electron chi connectivity index (χ2n) is 5.43. The van der Waals surface area contributed by atoms with E-state index >= 15 is 0 Å². The molecule has 10 heteroatoms. The Morgan fingerprint density at radius 2 is 2.07 bits per heavy atom. The van der Waals surface area contributed by atoms with Crippen LogP contribution in [-0.4, -0.2) is 14.7 Å². The van der Waals surface area contributed by atoms with Gasteiger partial charge in [0, 0.05) is 6.20 Å². The molecule has 0 spiro atoms. The average Bonchev–Trinajstić information content (AvgIpc) is 3.02. The number of aliphatic hydroxyl groups is 1. The minimum Gasteiger partial charge on any atom is -0.509 e. The number of fused-ring (bicyclic) bond motifs is 1. The first kappa shape index (κ1) is 18.9. The second-order valence-corrected chi connectivity index (χ2v) is 6.87. The average molecular weight is 412 g/mol. The number of alkyl halides is 3. The summed E-state index contributed by atoms with van der Waals surface area (Å²) in [6.07, 6.45) is -4.18. The van der Waals surface area contributed by atoms with Gasteiger partial charge in [-0.25, -0.2) is 4.98 Å². The summed E-state index contributed by atoms with van der Waals surface area (Å²) in [7, 11) is 0. The molecule has 2 aromatic heterocycles. The van der Waals surface area contributed by atoms with Crippen LogP contribution in [0.15, 0.2) is 47.1 Å². The molecule has 0 unspecified atom stereocenters. The summed E-state index contributed by atoms with van der Waals surface area (Å²) in [5.74, 6) is -0.589. The van der Waals surface area contributed by atoms with Crippen LogP contribution in [0.1, 0.15) is 10.6 Å². The maximum absolute atomic E-state index is 12.9. The first-order chi connectivity index (χ1) is 12.7. The van der Waals surface area contributed by atoms with Crippen LogP contribution in [0.5, 0.6) is 0 Å². The number of para-hydroxylation sites is 1. The fraction of sp³-hybridized carbons (Fsp3) is 0.118. The molecule has 0 aliphatic rings. The minimum atomic E-state index is -4.72. The fourth-order valence-corrected chi connectivity index (χ4v) is 3.54. The molecular weight excluding hydrogens is 403 g/mol. The molecule has 2 heterocycles. The van der Waals surface area contributed by atoms with Crippen molar-refractivity contribution in [1.29, 1.82) is 5.26 Å². The number of aliphatic hydroxyl groups excluding tert-OH is 1. The van der Waals surface area contributed by atoms with Gasteiger partial charge in [-0.2, -0.15) is 18.4 Å². The molecule has 0 fully saturated rings. The van der Waals surface area contributed by atoms with Crippen molar-refractivity contribution < 1.29 is 18.3 Å². The van der Waals surface area contributed by atoms with Crippen LogP contribution in [0.3, 0.4) is 0 Å². The SMILES string of the molecule is N#C/C(=C(/O)Cn1cc(C(F)(F)F)cc(Cl)c1=O)c1nc2ccccc2s1. The molecule has 0 bridgehead atoms. The molecule has 138 valence electrons. The molecule has 3 rings (SSSR count). The van der Waals surface area contributed by atoms with E-state index in [0.29, 0.717) is 22.3 Å². The van der Waals surface area contributed by atoms with E-state index in [0.717, 1.165) is 16.0 Å². The zero-order valence-corrected chi connectivity index (χ0v) is 14.9. The summed E-state index contributed by atoms with van der Waals surface area (Å²) >= 11 is 6.72. The number of halogens is 4. The number of nitriles is 1. The van der Waals surface area contributed by atoms with E-state index in [2.05, 4.69) is 4.98 Å². The van der Waals surface area contributed by atoms with Crippen molar-refractivity contribution >= 4 is 38.7 Å². The van der Waals surface area contributed by atoms with E-state index in [-0.39, 0.29) is 10.6 Å². The van der Waals surface area contributed by atoms with Gasteiger partial charge in [-0.05, 0) is 18.2 Å². The number of thiazole rings is 1. The number of nitrogens with zero attached hydrogens (tertiary/aromatic N) is 3. The van der Waals surface area contributed by atoms with Crippen LogP contribution in [0.2, 0.25) is 5.02 Å². The van der Waals surface area contributed by atoms with Crippen molar-refractivity contribution in [2.75, 3.05) is 0 Å². The molecule has 0 atom stereocenters. The lowest BCUT2D eigenvalue weighted by molar-refractivity contribution is -0.138. The highest BCUT2D eigenvalue weighted by Crippen LogP contribution is 2.31. The topological polar surface area (TPSA) is 78.9 Å². The number of hydrogen-bond acceptors (Lipinski definition) is 5. The summed E-state index contributed by atoms with van der Waals surface area (Å²) < 4.78 is 40.1. The van der Waals surface area contributed by atoms with Crippen LogP contribution in [0.4, 0.5) is 13.2 Å². The largest absolute Gasteiger partial charge is 0.509 e. The van der Waals surface area contributed by atoms with Crippen LogP contribution in [0.25, 0.3) is 15.8 Å². The molecule has 1 N–H and O–H groups in total. The van der Waals surface area contributed by atoms with Gasteiger partial charge in [-0.15, -0.1) is 11.3 Å². The zero-order chi connectivity index (χ0) is 19.8. The van der Waals surface area contributed by atoms with E-state index < -0.39 is 34.6 Å². The lowest BCUT2D eigenvalue weighted by Crippen LogP contribution is -2.24. The van der Waals surface area contributed by atoms with Gasteiger partial charge in [0.05, 0.1) is 22.3 Å².